The molecule has 0 bridgehead atoms. The Morgan fingerprint density at radius 1 is 1.53 bits per heavy atom. The normalized spacial score (nSPS) is 32.2. The predicted molar refractivity (Wildman–Crippen MR) is 65.1 cm³/mol. The molecule has 1 N–H and O–H groups in total. The highest BCUT2D eigenvalue weighted by atomic mass is 16.2. The zero-order chi connectivity index (χ0) is 12.5. The van der Waals surface area contributed by atoms with Crippen LogP contribution in [0, 0.1) is 22.7 Å². The quantitative estimate of drug-likeness (QED) is 0.741. The number of rotatable bonds is 1. The van der Waals surface area contributed by atoms with Crippen molar-refractivity contribution >= 4 is 5.91 Å². The number of hydrogen-bond donors (Lipinski definition) is 1. The lowest BCUT2D eigenvalue weighted by atomic mass is 9.81. The van der Waals surface area contributed by atoms with Gasteiger partial charge in [0.1, 0.15) is 6.04 Å². The third-order valence-electron chi connectivity index (χ3n) is 4.23. The van der Waals surface area contributed by atoms with E-state index in [9.17, 15) is 4.79 Å². The van der Waals surface area contributed by atoms with E-state index in [1.54, 1.807) is 4.90 Å². The number of carbonyl (C=O) groups is 1. The van der Waals surface area contributed by atoms with Gasteiger partial charge in [-0.3, -0.25) is 4.79 Å². The molecule has 0 aromatic rings. The van der Waals surface area contributed by atoms with E-state index in [1.807, 2.05) is 0 Å². The predicted octanol–water partition coefficient (Wildman–Crippen LogP) is 1.14. The first-order valence-corrected chi connectivity index (χ1v) is 6.47. The van der Waals surface area contributed by atoms with Crippen LogP contribution in [0.25, 0.3) is 0 Å². The first-order chi connectivity index (χ1) is 8.06. The molecule has 2 rings (SSSR count). The van der Waals surface area contributed by atoms with Gasteiger partial charge in [-0.1, -0.05) is 20.3 Å². The van der Waals surface area contributed by atoms with Gasteiger partial charge in [-0.25, -0.2) is 0 Å². The highest BCUT2D eigenvalue weighted by molar-refractivity contribution is 5.80. The molecule has 0 aromatic heterocycles. The Morgan fingerprint density at radius 3 is 2.88 bits per heavy atom. The van der Waals surface area contributed by atoms with Crippen molar-refractivity contribution in [1.29, 1.82) is 5.26 Å². The van der Waals surface area contributed by atoms with Crippen LogP contribution >= 0.6 is 0 Å². The van der Waals surface area contributed by atoms with E-state index in [4.69, 9.17) is 5.26 Å². The van der Waals surface area contributed by atoms with Crippen molar-refractivity contribution in [3.8, 4) is 6.07 Å². The molecule has 4 heteroatoms. The maximum Gasteiger partial charge on any atom is 0.227 e. The van der Waals surface area contributed by atoms with E-state index >= 15 is 0 Å². The number of piperazine rings is 1. The second kappa shape index (κ2) is 4.66. The van der Waals surface area contributed by atoms with Gasteiger partial charge >= 0.3 is 0 Å². The Hall–Kier alpha value is -1.08. The minimum absolute atomic E-state index is 0.0992. The van der Waals surface area contributed by atoms with Crippen molar-refractivity contribution in [3.05, 3.63) is 0 Å². The summed E-state index contributed by atoms with van der Waals surface area (Å²) < 4.78 is 0. The molecule has 1 saturated carbocycles. The van der Waals surface area contributed by atoms with E-state index in [-0.39, 0.29) is 23.3 Å². The molecule has 1 amide bonds. The first kappa shape index (κ1) is 12.4. The summed E-state index contributed by atoms with van der Waals surface area (Å²) in [7, 11) is 0. The van der Waals surface area contributed by atoms with Crippen LogP contribution in [0.5, 0.6) is 0 Å². The fourth-order valence-corrected chi connectivity index (χ4v) is 3.07. The summed E-state index contributed by atoms with van der Waals surface area (Å²) in [6.07, 6.45) is 3.23. The molecule has 2 aliphatic rings. The average Bonchev–Trinajstić information content (AvgIpc) is 2.68. The average molecular weight is 235 g/mol. The van der Waals surface area contributed by atoms with Gasteiger partial charge in [-0.05, 0) is 18.3 Å². The first-order valence-electron chi connectivity index (χ1n) is 6.47. The molecule has 17 heavy (non-hydrogen) atoms. The standard InChI is InChI=1S/C13H21N3O/c1-13(2)5-3-4-11(13)12(17)16-7-6-15-9-10(16)8-14/h10-11,15H,3-7,9H2,1-2H3. The summed E-state index contributed by atoms with van der Waals surface area (Å²) in [5.41, 5.74) is 0.0992. The summed E-state index contributed by atoms with van der Waals surface area (Å²) in [5, 5.41) is 12.3. The van der Waals surface area contributed by atoms with Gasteiger partial charge in [0.15, 0.2) is 0 Å². The van der Waals surface area contributed by atoms with Crippen molar-refractivity contribution in [3.63, 3.8) is 0 Å². The lowest BCUT2D eigenvalue weighted by Crippen LogP contribution is -2.55. The van der Waals surface area contributed by atoms with Crippen molar-refractivity contribution in [2.75, 3.05) is 19.6 Å². The molecule has 2 fully saturated rings. The van der Waals surface area contributed by atoms with E-state index < -0.39 is 0 Å². The van der Waals surface area contributed by atoms with Crippen LogP contribution in [0.15, 0.2) is 0 Å². The summed E-state index contributed by atoms with van der Waals surface area (Å²) >= 11 is 0. The van der Waals surface area contributed by atoms with Crippen molar-refractivity contribution in [2.45, 2.75) is 39.2 Å². The Kier molecular flexibility index (Phi) is 3.39. The maximum absolute atomic E-state index is 12.5. The SMILES string of the molecule is CC1(C)CCCC1C(=O)N1CCNCC1C#N. The largest absolute Gasteiger partial charge is 0.324 e. The lowest BCUT2D eigenvalue weighted by Gasteiger charge is -2.37. The van der Waals surface area contributed by atoms with Gasteiger partial charge in [0.2, 0.25) is 5.91 Å². The minimum Gasteiger partial charge on any atom is -0.324 e. The Bertz CT molecular complexity index is 345. The molecular weight excluding hydrogens is 214 g/mol. The smallest absolute Gasteiger partial charge is 0.227 e. The van der Waals surface area contributed by atoms with E-state index in [1.165, 1.54) is 0 Å². The number of nitrogens with zero attached hydrogens (tertiary/aromatic N) is 2. The molecule has 1 aliphatic carbocycles. The molecule has 0 spiro atoms. The van der Waals surface area contributed by atoms with Gasteiger partial charge < -0.3 is 10.2 Å². The molecule has 0 radical (unpaired) electrons. The van der Waals surface area contributed by atoms with Crippen LogP contribution < -0.4 is 5.32 Å². The summed E-state index contributed by atoms with van der Waals surface area (Å²) in [5.74, 6) is 0.303. The molecule has 0 aromatic carbocycles. The highest BCUT2D eigenvalue weighted by Crippen LogP contribution is 2.43. The van der Waals surface area contributed by atoms with Crippen LogP contribution in [0.2, 0.25) is 0 Å². The van der Waals surface area contributed by atoms with Crippen molar-refractivity contribution in [2.24, 2.45) is 11.3 Å². The van der Waals surface area contributed by atoms with Crippen LogP contribution in [0.4, 0.5) is 0 Å². The molecule has 2 unspecified atom stereocenters. The summed E-state index contributed by atoms with van der Waals surface area (Å²) in [6, 6.07) is 1.94. The van der Waals surface area contributed by atoms with Gasteiger partial charge in [0, 0.05) is 25.6 Å². The Labute approximate surface area is 103 Å². The van der Waals surface area contributed by atoms with Gasteiger partial charge in [0.25, 0.3) is 0 Å². The number of nitrogens with one attached hydrogen (secondary N) is 1. The second-order valence-electron chi connectivity index (χ2n) is 5.81. The number of hydrogen-bond acceptors (Lipinski definition) is 3. The minimum atomic E-state index is -0.285. The zero-order valence-corrected chi connectivity index (χ0v) is 10.7. The fraction of sp³-hybridized carbons (Fsp3) is 0.846. The van der Waals surface area contributed by atoms with E-state index in [2.05, 4.69) is 25.2 Å². The van der Waals surface area contributed by atoms with Crippen LogP contribution in [-0.2, 0) is 4.79 Å². The monoisotopic (exact) mass is 235 g/mol. The molecule has 1 saturated heterocycles. The van der Waals surface area contributed by atoms with Gasteiger partial charge in [-0.15, -0.1) is 0 Å². The molecule has 4 nitrogen and oxygen atoms in total. The van der Waals surface area contributed by atoms with Crippen molar-refractivity contribution < 1.29 is 4.79 Å². The van der Waals surface area contributed by atoms with Crippen LogP contribution in [0.3, 0.4) is 0 Å². The third kappa shape index (κ3) is 2.30. The van der Waals surface area contributed by atoms with E-state index in [0.717, 1.165) is 25.8 Å². The number of amides is 1. The summed E-state index contributed by atoms with van der Waals surface area (Å²) in [6.45, 7) is 6.42. The molecule has 2 atom stereocenters. The Morgan fingerprint density at radius 2 is 2.29 bits per heavy atom. The highest BCUT2D eigenvalue weighted by Gasteiger charge is 2.42. The Balaban J connectivity index is 2.11. The molecule has 1 aliphatic heterocycles. The van der Waals surface area contributed by atoms with Gasteiger partial charge in [0.05, 0.1) is 6.07 Å². The van der Waals surface area contributed by atoms with Gasteiger partial charge in [-0.2, -0.15) is 5.26 Å². The number of carbonyl (C=O) groups excluding carboxylic acids is 1. The topological polar surface area (TPSA) is 56.1 Å². The zero-order valence-electron chi connectivity index (χ0n) is 10.7. The van der Waals surface area contributed by atoms with Crippen LogP contribution in [0.1, 0.15) is 33.1 Å². The second-order valence-corrected chi connectivity index (χ2v) is 5.81. The van der Waals surface area contributed by atoms with Crippen LogP contribution in [-0.4, -0.2) is 36.5 Å². The molecule has 94 valence electrons. The fourth-order valence-electron chi connectivity index (χ4n) is 3.07. The third-order valence-corrected chi connectivity index (χ3v) is 4.23. The molecular formula is C13H21N3O. The maximum atomic E-state index is 12.5. The number of nitriles is 1. The summed E-state index contributed by atoms with van der Waals surface area (Å²) in [4.78, 5) is 14.3. The van der Waals surface area contributed by atoms with E-state index in [0.29, 0.717) is 13.1 Å². The lowest BCUT2D eigenvalue weighted by molar-refractivity contribution is -0.140. The molecule has 1 heterocycles. The van der Waals surface area contributed by atoms with Crippen molar-refractivity contribution in [1.82, 2.24) is 10.2 Å².